The van der Waals surface area contributed by atoms with Crippen molar-refractivity contribution >= 4 is 72.0 Å². The van der Waals surface area contributed by atoms with Gasteiger partial charge in [0.05, 0.1) is 43.9 Å². The lowest BCUT2D eigenvalue weighted by molar-refractivity contribution is 0.103. The van der Waals surface area contributed by atoms with Crippen molar-refractivity contribution in [1.29, 1.82) is 0 Å². The van der Waals surface area contributed by atoms with E-state index in [1.807, 2.05) is 97.1 Å². The number of fused-ring (bicyclic) bond motifs is 9. The molecule has 55 heavy (non-hydrogen) atoms. The molecule has 260 valence electrons. The number of hydrogen-bond acceptors (Lipinski definition) is 3. The Balaban J connectivity index is 1.33. The van der Waals surface area contributed by atoms with Crippen molar-refractivity contribution in [3.05, 3.63) is 199 Å². The summed E-state index contributed by atoms with van der Waals surface area (Å²) in [6.45, 7) is 0. The molecule has 3 aromatic heterocycles. The second kappa shape index (κ2) is 12.3. The largest absolute Gasteiger partial charge is 0.452 e. The average molecular weight is 710 g/mol. The van der Waals surface area contributed by atoms with E-state index in [4.69, 9.17) is 8.83 Å². The van der Waals surface area contributed by atoms with Crippen molar-refractivity contribution in [1.82, 2.24) is 13.7 Å². The lowest BCUT2D eigenvalue weighted by atomic mass is 10.0. The Labute approximate surface area is 314 Å². The van der Waals surface area contributed by atoms with Crippen LogP contribution >= 0.6 is 0 Å². The normalized spacial score (nSPS) is 11.7. The molecule has 0 saturated heterocycles. The number of para-hydroxylation sites is 6. The van der Waals surface area contributed by atoms with E-state index in [9.17, 15) is 4.79 Å². The third-order valence-electron chi connectivity index (χ3n) is 10.5. The highest BCUT2D eigenvalue weighted by atomic mass is 16.3. The topological polar surface area (TPSA) is 58.1 Å². The van der Waals surface area contributed by atoms with E-state index in [0.29, 0.717) is 11.1 Å². The SMILES string of the molecule is O=C(c1ccccc1)c1cccc(-n2c3ccc4c(oc5ccccc5n4-c4ccccc4)c3c3c4oc5ccccc5n(-c5ccccc5)c4ccc32)c1. The van der Waals surface area contributed by atoms with Gasteiger partial charge < -0.3 is 22.5 Å². The molecule has 11 rings (SSSR count). The van der Waals surface area contributed by atoms with Crippen LogP contribution in [0.15, 0.2) is 197 Å². The maximum atomic E-state index is 13.8. The van der Waals surface area contributed by atoms with Crippen molar-refractivity contribution in [3.8, 4) is 17.1 Å². The van der Waals surface area contributed by atoms with E-state index in [1.165, 1.54) is 0 Å². The summed E-state index contributed by atoms with van der Waals surface area (Å²) in [7, 11) is 0. The summed E-state index contributed by atoms with van der Waals surface area (Å²) >= 11 is 0. The number of hydrogen-bond donors (Lipinski definition) is 0. The molecule has 11 aromatic rings. The Morgan fingerprint density at radius 3 is 1.27 bits per heavy atom. The number of nitrogens with zero attached hydrogens (tertiary/aromatic N) is 3. The van der Waals surface area contributed by atoms with Crippen LogP contribution in [0.4, 0.5) is 0 Å². The van der Waals surface area contributed by atoms with Gasteiger partial charge in [-0.3, -0.25) is 4.79 Å². The summed E-state index contributed by atoms with van der Waals surface area (Å²) in [5.41, 5.74) is 12.7. The van der Waals surface area contributed by atoms with E-state index in [1.54, 1.807) is 0 Å². The van der Waals surface area contributed by atoms with E-state index in [-0.39, 0.29) is 5.78 Å². The zero-order valence-corrected chi connectivity index (χ0v) is 29.5. The predicted octanol–water partition coefficient (Wildman–Crippen LogP) is 12.5. The van der Waals surface area contributed by atoms with E-state index in [2.05, 4.69) is 105 Å². The fourth-order valence-electron chi connectivity index (χ4n) is 8.13. The van der Waals surface area contributed by atoms with Crippen molar-refractivity contribution < 1.29 is 13.6 Å². The highest BCUT2D eigenvalue weighted by Crippen LogP contribution is 2.43. The zero-order valence-electron chi connectivity index (χ0n) is 29.5. The van der Waals surface area contributed by atoms with Crippen LogP contribution in [0.1, 0.15) is 15.9 Å². The molecule has 3 heterocycles. The maximum Gasteiger partial charge on any atom is 0.193 e. The Hall–Kier alpha value is -7.57. The molecule has 0 aliphatic rings. The molecule has 0 aliphatic heterocycles. The van der Waals surface area contributed by atoms with Crippen molar-refractivity contribution in [2.24, 2.45) is 0 Å². The second-order valence-electron chi connectivity index (χ2n) is 13.7. The maximum absolute atomic E-state index is 13.8. The Morgan fingerprint density at radius 2 is 0.745 bits per heavy atom. The second-order valence-corrected chi connectivity index (χ2v) is 13.7. The van der Waals surface area contributed by atoms with Crippen molar-refractivity contribution in [2.75, 3.05) is 0 Å². The van der Waals surface area contributed by atoms with Gasteiger partial charge in [0.2, 0.25) is 0 Å². The summed E-state index contributed by atoms with van der Waals surface area (Å²) in [4.78, 5) is 13.8. The van der Waals surface area contributed by atoms with Gasteiger partial charge in [0.25, 0.3) is 0 Å². The van der Waals surface area contributed by atoms with Gasteiger partial charge >= 0.3 is 0 Å². The van der Waals surface area contributed by atoms with Gasteiger partial charge in [0.1, 0.15) is 0 Å². The predicted molar refractivity (Wildman–Crippen MR) is 221 cm³/mol. The summed E-state index contributed by atoms with van der Waals surface area (Å²) in [6.07, 6.45) is 0. The zero-order chi connectivity index (χ0) is 36.5. The number of carbonyl (C=O) groups is 1. The molecular formula is C49H31N3O3. The molecule has 0 spiro atoms. The van der Waals surface area contributed by atoms with Gasteiger partial charge in [0, 0.05) is 28.2 Å². The minimum absolute atomic E-state index is 0.0325. The van der Waals surface area contributed by atoms with Crippen LogP contribution in [0.3, 0.4) is 0 Å². The molecule has 0 amide bonds. The van der Waals surface area contributed by atoms with Crippen LogP contribution in [0.2, 0.25) is 0 Å². The lowest BCUT2D eigenvalue weighted by Gasteiger charge is -2.16. The van der Waals surface area contributed by atoms with Crippen LogP contribution in [-0.4, -0.2) is 19.5 Å². The van der Waals surface area contributed by atoms with Crippen LogP contribution in [0, 0.1) is 0 Å². The fourth-order valence-corrected chi connectivity index (χ4v) is 8.13. The van der Waals surface area contributed by atoms with Gasteiger partial charge in [-0.05, 0) is 84.9 Å². The number of carbonyl (C=O) groups excluding carboxylic acids is 1. The van der Waals surface area contributed by atoms with Gasteiger partial charge in [-0.15, -0.1) is 0 Å². The molecule has 0 fully saturated rings. The number of rotatable bonds is 5. The first kappa shape index (κ1) is 31.0. The smallest absolute Gasteiger partial charge is 0.193 e. The third kappa shape index (κ3) is 4.78. The van der Waals surface area contributed by atoms with Crippen LogP contribution < -0.4 is 0 Å². The van der Waals surface area contributed by atoms with Gasteiger partial charge in [-0.25, -0.2) is 0 Å². The molecule has 6 nitrogen and oxygen atoms in total. The van der Waals surface area contributed by atoms with Crippen molar-refractivity contribution in [2.45, 2.75) is 0 Å². The summed E-state index contributed by atoms with van der Waals surface area (Å²) in [6, 6.07) is 62.9. The number of aromatic nitrogens is 3. The first-order valence-electron chi connectivity index (χ1n) is 18.3. The Morgan fingerprint density at radius 1 is 0.345 bits per heavy atom. The third-order valence-corrected chi connectivity index (χ3v) is 10.5. The minimum atomic E-state index is -0.0325. The molecule has 6 heteroatoms. The van der Waals surface area contributed by atoms with Gasteiger partial charge in [-0.1, -0.05) is 103 Å². The van der Waals surface area contributed by atoms with E-state index in [0.717, 1.165) is 83.3 Å². The molecular weight excluding hydrogens is 679 g/mol. The molecule has 0 atom stereocenters. The summed E-state index contributed by atoms with van der Waals surface area (Å²) in [5.74, 6) is -0.0325. The quantitative estimate of drug-likeness (QED) is 0.132. The standard InChI is InChI=1S/C49H31N3O3/c53-47(32-15-4-1-5-16-32)33-17-14-22-36(31-33)52-39-27-29-41-48(54-43-25-12-10-23-37(43)50(41)34-18-6-2-7-19-34)45(39)46-40(52)28-30-42-49(46)55-44-26-13-11-24-38(44)51(42)35-20-8-3-9-21-35/h1-31H. The molecule has 0 bridgehead atoms. The van der Waals surface area contributed by atoms with E-state index >= 15 is 0 Å². The highest BCUT2D eigenvalue weighted by Gasteiger charge is 2.24. The molecule has 0 radical (unpaired) electrons. The summed E-state index contributed by atoms with van der Waals surface area (Å²) < 4.78 is 20.8. The first-order valence-corrected chi connectivity index (χ1v) is 18.3. The van der Waals surface area contributed by atoms with Crippen LogP contribution in [0.5, 0.6) is 0 Å². The average Bonchev–Trinajstić information content (AvgIpc) is 3.61. The highest BCUT2D eigenvalue weighted by molar-refractivity contribution is 6.26. The lowest BCUT2D eigenvalue weighted by Crippen LogP contribution is -2.03. The van der Waals surface area contributed by atoms with Gasteiger partial charge in [-0.2, -0.15) is 0 Å². The molecule has 0 unspecified atom stereocenters. The summed E-state index contributed by atoms with van der Waals surface area (Å²) in [5, 5.41) is 1.82. The Bertz CT molecular complexity index is 3150. The Kier molecular flexibility index (Phi) is 6.91. The van der Waals surface area contributed by atoms with Crippen molar-refractivity contribution in [3.63, 3.8) is 0 Å². The van der Waals surface area contributed by atoms with Crippen LogP contribution in [0.25, 0.3) is 83.3 Å². The number of ketones is 1. The fraction of sp³-hybridized carbons (Fsp3) is 0. The molecule has 8 aromatic carbocycles. The van der Waals surface area contributed by atoms with E-state index < -0.39 is 0 Å². The molecule has 0 saturated carbocycles. The minimum Gasteiger partial charge on any atom is -0.452 e. The number of benzene rings is 8. The monoisotopic (exact) mass is 709 g/mol. The van der Waals surface area contributed by atoms with Crippen LogP contribution in [-0.2, 0) is 0 Å². The molecule has 0 N–H and O–H groups in total. The van der Waals surface area contributed by atoms with Gasteiger partial charge in [0.15, 0.2) is 28.1 Å². The molecule has 0 aliphatic carbocycles. The first-order chi connectivity index (χ1) is 27.2.